The summed E-state index contributed by atoms with van der Waals surface area (Å²) < 4.78 is 4.60. The number of ketones is 1. The number of para-hydroxylation sites is 2. The Morgan fingerprint density at radius 1 is 1.50 bits per heavy atom. The van der Waals surface area contributed by atoms with Gasteiger partial charge in [0.15, 0.2) is 17.2 Å². The maximum absolute atomic E-state index is 12.6. The molecule has 2 atom stereocenters. The molecule has 0 saturated carbocycles. The zero-order valence-corrected chi connectivity index (χ0v) is 13.7. The van der Waals surface area contributed by atoms with Crippen molar-refractivity contribution in [2.24, 2.45) is 0 Å². The first kappa shape index (κ1) is 15.5. The standard InChI is InChI=1S/C16H20N2O3S/c1-4-12(19)16(9-15(2,3)21-13(16)20)22-14-17-10-7-5-6-8-11(10)18-14/h5-8,13,20H,4,9H2,1-3H3,(H,17,18). The summed E-state index contributed by atoms with van der Waals surface area (Å²) in [6.07, 6.45) is -0.326. The van der Waals surface area contributed by atoms with E-state index in [4.69, 9.17) is 4.74 Å². The van der Waals surface area contributed by atoms with Crippen LogP contribution >= 0.6 is 11.8 Å². The molecule has 1 aromatic heterocycles. The molecule has 2 aromatic rings. The first-order chi connectivity index (χ1) is 10.4. The second-order valence-electron chi connectivity index (χ2n) is 6.23. The molecule has 3 rings (SSSR count). The van der Waals surface area contributed by atoms with Crippen LogP contribution < -0.4 is 0 Å². The van der Waals surface area contributed by atoms with Gasteiger partial charge in [-0.1, -0.05) is 30.8 Å². The number of nitrogens with zero attached hydrogens (tertiary/aromatic N) is 1. The van der Waals surface area contributed by atoms with E-state index in [1.807, 2.05) is 38.1 Å². The van der Waals surface area contributed by atoms with E-state index in [1.54, 1.807) is 6.92 Å². The number of carbonyl (C=O) groups excluding carboxylic acids is 1. The normalized spacial score (nSPS) is 27.4. The Bertz CT molecular complexity index is 679. The smallest absolute Gasteiger partial charge is 0.177 e. The SMILES string of the molecule is CCC(=O)C1(Sc2nc3ccccc3[nH]2)CC(C)(C)OC1O. The minimum absolute atomic E-state index is 0.0176. The van der Waals surface area contributed by atoms with Crippen molar-refractivity contribution < 1.29 is 14.6 Å². The fourth-order valence-corrected chi connectivity index (χ4v) is 4.46. The van der Waals surface area contributed by atoms with E-state index < -0.39 is 16.6 Å². The molecule has 5 nitrogen and oxygen atoms in total. The van der Waals surface area contributed by atoms with E-state index in [-0.39, 0.29) is 5.78 Å². The highest BCUT2D eigenvalue weighted by Gasteiger charge is 2.56. The summed E-state index contributed by atoms with van der Waals surface area (Å²) in [6.45, 7) is 5.58. The summed E-state index contributed by atoms with van der Waals surface area (Å²) in [5.41, 5.74) is 1.22. The van der Waals surface area contributed by atoms with E-state index in [1.165, 1.54) is 11.8 Å². The molecule has 1 aromatic carbocycles. The number of nitrogens with one attached hydrogen (secondary N) is 1. The summed E-state index contributed by atoms with van der Waals surface area (Å²) in [7, 11) is 0. The average Bonchev–Trinajstić information content (AvgIpc) is 2.96. The number of hydrogen-bond donors (Lipinski definition) is 2. The summed E-state index contributed by atoms with van der Waals surface area (Å²) in [4.78, 5) is 20.3. The molecule has 2 N–H and O–H groups in total. The predicted molar refractivity (Wildman–Crippen MR) is 85.8 cm³/mol. The number of hydrogen-bond acceptors (Lipinski definition) is 5. The number of aliphatic hydroxyl groups excluding tert-OH is 1. The Balaban J connectivity index is 1.99. The molecule has 0 radical (unpaired) electrons. The maximum Gasteiger partial charge on any atom is 0.177 e. The number of H-pyrrole nitrogens is 1. The fourth-order valence-electron chi connectivity index (χ4n) is 2.99. The van der Waals surface area contributed by atoms with Crippen LogP contribution in [0.5, 0.6) is 0 Å². The number of aliphatic hydroxyl groups is 1. The number of benzene rings is 1. The van der Waals surface area contributed by atoms with Crippen LogP contribution in [0.15, 0.2) is 29.4 Å². The summed E-state index contributed by atoms with van der Waals surface area (Å²) in [6, 6.07) is 7.70. The Morgan fingerprint density at radius 3 is 2.82 bits per heavy atom. The number of fused-ring (bicyclic) bond motifs is 1. The quantitative estimate of drug-likeness (QED) is 0.906. The second-order valence-corrected chi connectivity index (χ2v) is 7.55. The zero-order chi connectivity index (χ0) is 16.0. The highest BCUT2D eigenvalue weighted by atomic mass is 32.2. The van der Waals surface area contributed by atoms with Gasteiger partial charge in [0.2, 0.25) is 0 Å². The lowest BCUT2D eigenvalue weighted by Gasteiger charge is -2.27. The van der Waals surface area contributed by atoms with E-state index in [9.17, 15) is 9.90 Å². The van der Waals surface area contributed by atoms with Gasteiger partial charge in [-0.2, -0.15) is 0 Å². The molecule has 6 heteroatoms. The minimum atomic E-state index is -1.13. The van der Waals surface area contributed by atoms with Crippen LogP contribution in [0.2, 0.25) is 0 Å². The lowest BCUT2D eigenvalue weighted by Crippen LogP contribution is -2.43. The van der Waals surface area contributed by atoms with Gasteiger partial charge in [-0.3, -0.25) is 4.79 Å². The zero-order valence-electron chi connectivity index (χ0n) is 12.9. The fraction of sp³-hybridized carbons (Fsp3) is 0.500. The Hall–Kier alpha value is -1.37. The number of rotatable bonds is 4. The molecule has 0 amide bonds. The molecular formula is C16H20N2O3S. The third-order valence-electron chi connectivity index (χ3n) is 3.96. The molecule has 1 fully saturated rings. The van der Waals surface area contributed by atoms with Crippen LogP contribution in [0.3, 0.4) is 0 Å². The molecule has 1 aliphatic heterocycles. The Morgan fingerprint density at radius 2 is 2.23 bits per heavy atom. The van der Waals surface area contributed by atoms with Crippen LogP contribution in [0.4, 0.5) is 0 Å². The lowest BCUT2D eigenvalue weighted by molar-refractivity contribution is -0.143. The number of ether oxygens (including phenoxy) is 1. The van der Waals surface area contributed by atoms with Crippen LogP contribution in [0.1, 0.15) is 33.6 Å². The molecule has 0 aliphatic carbocycles. The van der Waals surface area contributed by atoms with Crippen molar-refractivity contribution in [3.63, 3.8) is 0 Å². The number of Topliss-reactive ketones (excluding diaryl/α,β-unsaturated/α-hetero) is 1. The maximum atomic E-state index is 12.6. The van der Waals surface area contributed by atoms with Crippen molar-refractivity contribution in [1.29, 1.82) is 0 Å². The number of carbonyl (C=O) groups is 1. The van der Waals surface area contributed by atoms with E-state index in [0.717, 1.165) is 11.0 Å². The van der Waals surface area contributed by atoms with Gasteiger partial charge in [-0.15, -0.1) is 0 Å². The van der Waals surface area contributed by atoms with Gasteiger partial charge in [-0.05, 0) is 26.0 Å². The van der Waals surface area contributed by atoms with Crippen molar-refractivity contribution in [3.8, 4) is 0 Å². The molecule has 118 valence electrons. The lowest BCUT2D eigenvalue weighted by atomic mass is 9.91. The number of aromatic amines is 1. The van der Waals surface area contributed by atoms with Gasteiger partial charge in [-0.25, -0.2) is 4.98 Å². The molecule has 22 heavy (non-hydrogen) atoms. The third-order valence-corrected chi connectivity index (χ3v) is 5.28. The van der Waals surface area contributed by atoms with Crippen molar-refractivity contribution >= 4 is 28.6 Å². The predicted octanol–water partition coefficient (Wildman–Crippen LogP) is 2.89. The van der Waals surface area contributed by atoms with Gasteiger partial charge >= 0.3 is 0 Å². The van der Waals surface area contributed by atoms with Gasteiger partial charge in [0.1, 0.15) is 4.75 Å². The summed E-state index contributed by atoms with van der Waals surface area (Å²) >= 11 is 1.28. The van der Waals surface area contributed by atoms with Gasteiger partial charge in [0.05, 0.1) is 16.6 Å². The molecule has 2 heterocycles. The largest absolute Gasteiger partial charge is 0.366 e. The van der Waals surface area contributed by atoms with Crippen LogP contribution in [0, 0.1) is 0 Å². The molecule has 0 spiro atoms. The Kier molecular flexibility index (Phi) is 3.79. The molecular weight excluding hydrogens is 300 g/mol. The van der Waals surface area contributed by atoms with Crippen LogP contribution in [-0.2, 0) is 9.53 Å². The van der Waals surface area contributed by atoms with Gasteiger partial charge in [0, 0.05) is 12.8 Å². The average molecular weight is 320 g/mol. The van der Waals surface area contributed by atoms with Gasteiger partial charge in [0.25, 0.3) is 0 Å². The first-order valence-electron chi connectivity index (χ1n) is 7.39. The third kappa shape index (κ3) is 2.55. The van der Waals surface area contributed by atoms with Gasteiger partial charge < -0.3 is 14.8 Å². The molecule has 1 aliphatic rings. The van der Waals surface area contributed by atoms with Crippen molar-refractivity contribution in [1.82, 2.24) is 9.97 Å². The topological polar surface area (TPSA) is 75.2 Å². The van der Waals surface area contributed by atoms with E-state index in [2.05, 4.69) is 9.97 Å². The summed E-state index contributed by atoms with van der Waals surface area (Å²) in [5, 5.41) is 11.0. The number of thioether (sulfide) groups is 1. The number of aromatic nitrogens is 2. The Labute approximate surface area is 133 Å². The highest BCUT2D eigenvalue weighted by molar-refractivity contribution is 8.01. The van der Waals surface area contributed by atoms with Crippen molar-refractivity contribution in [2.75, 3.05) is 0 Å². The molecule has 0 bridgehead atoms. The molecule has 1 saturated heterocycles. The van der Waals surface area contributed by atoms with Crippen molar-refractivity contribution in [3.05, 3.63) is 24.3 Å². The summed E-state index contributed by atoms with van der Waals surface area (Å²) in [5.74, 6) is -0.0176. The second kappa shape index (κ2) is 5.37. The monoisotopic (exact) mass is 320 g/mol. The van der Waals surface area contributed by atoms with E-state index >= 15 is 0 Å². The number of imidazole rings is 1. The van der Waals surface area contributed by atoms with Crippen LogP contribution in [-0.4, -0.2) is 37.5 Å². The first-order valence-corrected chi connectivity index (χ1v) is 8.21. The van der Waals surface area contributed by atoms with Crippen molar-refractivity contribution in [2.45, 2.75) is 55.4 Å². The van der Waals surface area contributed by atoms with Crippen LogP contribution in [0.25, 0.3) is 11.0 Å². The minimum Gasteiger partial charge on any atom is -0.366 e. The highest BCUT2D eigenvalue weighted by Crippen LogP contribution is 2.49. The molecule has 2 unspecified atom stereocenters. The van der Waals surface area contributed by atoms with E-state index in [0.29, 0.717) is 18.0 Å².